The Morgan fingerprint density at radius 1 is 1.38 bits per heavy atom. The zero-order valence-electron chi connectivity index (χ0n) is 13.3. The molecule has 1 amide bonds. The van der Waals surface area contributed by atoms with Crippen molar-refractivity contribution in [2.24, 2.45) is 0 Å². The minimum Gasteiger partial charge on any atom is -0.447 e. The second kappa shape index (κ2) is 5.50. The largest absolute Gasteiger partial charge is 0.490 e. The predicted molar refractivity (Wildman–Crippen MR) is 81.9 cm³/mol. The number of cyclic esters (lactones) is 1. The van der Waals surface area contributed by atoms with E-state index in [1.165, 1.54) is 0 Å². The quantitative estimate of drug-likeness (QED) is 0.577. The minimum atomic E-state index is -0.434. The van der Waals surface area contributed by atoms with Crippen LogP contribution in [0.3, 0.4) is 0 Å². The molecule has 0 N–H and O–H groups in total. The number of ether oxygens (including phenoxy) is 1. The van der Waals surface area contributed by atoms with Gasteiger partial charge in [0, 0.05) is 6.54 Å². The van der Waals surface area contributed by atoms with Gasteiger partial charge in [0.1, 0.15) is 6.61 Å². The highest BCUT2D eigenvalue weighted by Crippen LogP contribution is 2.38. The molecule has 2 fully saturated rings. The zero-order chi connectivity index (χ0) is 15.8. The number of carbonyl (C=O) groups excluding carboxylic acids is 1. The molecule has 116 valence electrons. The topological polar surface area (TPSA) is 48.0 Å². The fraction of sp³-hybridized carbons (Fsp3) is 0.667. The second-order valence-corrected chi connectivity index (χ2v) is 6.57. The predicted octanol–water partition coefficient (Wildman–Crippen LogP) is 2.57. The van der Waals surface area contributed by atoms with Crippen molar-refractivity contribution >= 4 is 13.2 Å². The van der Waals surface area contributed by atoms with Gasteiger partial charge in [-0.25, -0.2) is 4.79 Å². The third kappa shape index (κ3) is 3.01. The van der Waals surface area contributed by atoms with Crippen LogP contribution < -0.4 is 0 Å². The minimum absolute atomic E-state index is 0.0661. The molecular weight excluding hydrogens is 269 g/mol. The van der Waals surface area contributed by atoms with Gasteiger partial charge < -0.3 is 14.0 Å². The molecule has 0 spiro atoms. The van der Waals surface area contributed by atoms with Gasteiger partial charge in [-0.2, -0.15) is 0 Å². The van der Waals surface area contributed by atoms with E-state index in [0.717, 1.165) is 5.47 Å². The van der Waals surface area contributed by atoms with Gasteiger partial charge in [0.15, 0.2) is 0 Å². The fourth-order valence-corrected chi connectivity index (χ4v) is 2.31. The highest BCUT2D eigenvalue weighted by Gasteiger charge is 2.51. The average Bonchev–Trinajstić information content (AvgIpc) is 2.84. The molecule has 0 aromatic heterocycles. The summed E-state index contributed by atoms with van der Waals surface area (Å²) in [7, 11) is -0.434. The first kappa shape index (κ1) is 16.1. The maximum absolute atomic E-state index is 11.6. The number of amides is 1. The standard InChI is InChI=1S/C15H24BNO4/c1-7-12-10-19-13(18)17(12)9-8-11(2)16-20-14(3,4)15(5,6)21-16/h7,12H,1-2,8-10H2,3-6H3. The van der Waals surface area contributed by atoms with Crippen LogP contribution in [0.2, 0.25) is 0 Å². The van der Waals surface area contributed by atoms with Crippen LogP contribution in [0, 0.1) is 0 Å². The summed E-state index contributed by atoms with van der Waals surface area (Å²) in [5.74, 6) is 0. The molecule has 2 saturated heterocycles. The molecule has 0 aromatic rings. The van der Waals surface area contributed by atoms with Crippen LogP contribution in [-0.4, -0.2) is 48.5 Å². The van der Waals surface area contributed by atoms with Crippen molar-refractivity contribution in [1.82, 2.24) is 4.90 Å². The lowest BCUT2D eigenvalue weighted by atomic mass is 9.77. The lowest BCUT2D eigenvalue weighted by molar-refractivity contribution is 0.00578. The van der Waals surface area contributed by atoms with E-state index in [4.69, 9.17) is 14.0 Å². The lowest BCUT2D eigenvalue weighted by Gasteiger charge is -2.32. The average molecular weight is 293 g/mol. The molecule has 1 unspecified atom stereocenters. The number of rotatable bonds is 5. The van der Waals surface area contributed by atoms with Crippen LogP contribution >= 0.6 is 0 Å². The summed E-state index contributed by atoms with van der Waals surface area (Å²) in [5, 5.41) is 0. The lowest BCUT2D eigenvalue weighted by Crippen LogP contribution is -2.41. The Balaban J connectivity index is 1.91. The summed E-state index contributed by atoms with van der Waals surface area (Å²) in [6.45, 7) is 16.7. The fourth-order valence-electron chi connectivity index (χ4n) is 2.31. The van der Waals surface area contributed by atoms with Crippen molar-refractivity contribution < 1.29 is 18.8 Å². The highest BCUT2D eigenvalue weighted by atomic mass is 16.7. The molecule has 2 heterocycles. The SMILES string of the molecule is C=CC1COC(=O)N1CCC(=C)B1OC(C)(C)C(C)(C)O1. The molecule has 0 aliphatic carbocycles. The molecule has 0 aromatic carbocycles. The van der Waals surface area contributed by atoms with Gasteiger partial charge in [0.25, 0.3) is 0 Å². The first-order chi connectivity index (χ1) is 9.68. The summed E-state index contributed by atoms with van der Waals surface area (Å²) in [4.78, 5) is 13.3. The Hall–Kier alpha value is -1.27. The molecule has 5 nitrogen and oxygen atoms in total. The van der Waals surface area contributed by atoms with Crippen LogP contribution in [-0.2, 0) is 14.0 Å². The summed E-state index contributed by atoms with van der Waals surface area (Å²) >= 11 is 0. The Morgan fingerprint density at radius 3 is 2.48 bits per heavy atom. The van der Waals surface area contributed by atoms with Gasteiger partial charge in [-0.1, -0.05) is 6.08 Å². The molecule has 0 radical (unpaired) electrons. The van der Waals surface area contributed by atoms with Gasteiger partial charge in [-0.3, -0.25) is 4.90 Å². The molecule has 2 rings (SSSR count). The normalized spacial score (nSPS) is 26.9. The van der Waals surface area contributed by atoms with E-state index < -0.39 is 7.12 Å². The molecule has 6 heteroatoms. The van der Waals surface area contributed by atoms with E-state index in [2.05, 4.69) is 13.2 Å². The van der Waals surface area contributed by atoms with Crippen LogP contribution in [0.15, 0.2) is 24.7 Å². The summed E-state index contributed by atoms with van der Waals surface area (Å²) < 4.78 is 16.9. The molecule has 1 atom stereocenters. The van der Waals surface area contributed by atoms with E-state index in [9.17, 15) is 4.79 Å². The number of hydrogen-bond acceptors (Lipinski definition) is 4. The van der Waals surface area contributed by atoms with E-state index in [-0.39, 0.29) is 23.3 Å². The molecule has 2 aliphatic heterocycles. The van der Waals surface area contributed by atoms with Crippen molar-refractivity contribution in [1.29, 1.82) is 0 Å². The molecule has 21 heavy (non-hydrogen) atoms. The van der Waals surface area contributed by atoms with Crippen LogP contribution in [0.5, 0.6) is 0 Å². The Labute approximate surface area is 127 Å². The molecule has 0 saturated carbocycles. The number of carbonyl (C=O) groups is 1. The van der Waals surface area contributed by atoms with Crippen LogP contribution in [0.1, 0.15) is 34.1 Å². The van der Waals surface area contributed by atoms with Gasteiger partial charge in [-0.15, -0.1) is 13.2 Å². The Bertz CT molecular complexity index is 445. The smallest absolute Gasteiger partial charge is 0.447 e. The van der Waals surface area contributed by atoms with E-state index in [0.29, 0.717) is 19.6 Å². The number of hydrogen-bond donors (Lipinski definition) is 0. The zero-order valence-corrected chi connectivity index (χ0v) is 13.3. The second-order valence-electron chi connectivity index (χ2n) is 6.57. The Morgan fingerprint density at radius 2 is 1.95 bits per heavy atom. The Kier molecular flexibility index (Phi) is 4.22. The van der Waals surface area contributed by atoms with E-state index >= 15 is 0 Å². The van der Waals surface area contributed by atoms with Crippen molar-refractivity contribution in [2.75, 3.05) is 13.2 Å². The molecule has 0 bridgehead atoms. The third-order valence-corrected chi connectivity index (χ3v) is 4.54. The van der Waals surface area contributed by atoms with Crippen molar-refractivity contribution in [2.45, 2.75) is 51.4 Å². The third-order valence-electron chi connectivity index (χ3n) is 4.54. The summed E-state index contributed by atoms with van der Waals surface area (Å²) in [6.07, 6.45) is 2.03. The summed E-state index contributed by atoms with van der Waals surface area (Å²) in [6, 6.07) is -0.0661. The van der Waals surface area contributed by atoms with Gasteiger partial charge in [0.05, 0.1) is 17.2 Å². The molecule has 2 aliphatic rings. The van der Waals surface area contributed by atoms with Crippen LogP contribution in [0.4, 0.5) is 4.79 Å². The first-order valence-electron chi connectivity index (χ1n) is 7.27. The van der Waals surface area contributed by atoms with E-state index in [1.807, 2.05) is 27.7 Å². The first-order valence-corrected chi connectivity index (χ1v) is 7.27. The number of nitrogens with zero attached hydrogens (tertiary/aromatic N) is 1. The van der Waals surface area contributed by atoms with Crippen molar-refractivity contribution in [3.05, 3.63) is 24.7 Å². The molecular formula is C15H24BNO4. The summed E-state index contributed by atoms with van der Waals surface area (Å²) in [5.41, 5.74) is 0.0735. The van der Waals surface area contributed by atoms with Crippen molar-refractivity contribution in [3.63, 3.8) is 0 Å². The maximum Gasteiger partial charge on any atom is 0.490 e. The van der Waals surface area contributed by atoms with Gasteiger partial charge in [-0.05, 0) is 39.6 Å². The van der Waals surface area contributed by atoms with E-state index in [1.54, 1.807) is 11.0 Å². The van der Waals surface area contributed by atoms with Gasteiger partial charge >= 0.3 is 13.2 Å². The van der Waals surface area contributed by atoms with Gasteiger partial charge in [0.2, 0.25) is 0 Å². The monoisotopic (exact) mass is 293 g/mol. The van der Waals surface area contributed by atoms with Crippen LogP contribution in [0.25, 0.3) is 0 Å². The highest BCUT2D eigenvalue weighted by molar-refractivity contribution is 6.54. The van der Waals surface area contributed by atoms with Crippen molar-refractivity contribution in [3.8, 4) is 0 Å². The maximum atomic E-state index is 11.6.